The largest absolute Gasteiger partial charge is 0.444 e. The molecule has 1 aromatic carbocycles. The van der Waals surface area contributed by atoms with Crippen molar-refractivity contribution in [1.29, 1.82) is 0 Å². The van der Waals surface area contributed by atoms with Crippen LogP contribution in [0.1, 0.15) is 39.2 Å². The molecule has 2 bridgehead atoms. The van der Waals surface area contributed by atoms with E-state index in [4.69, 9.17) is 9.47 Å². The Morgan fingerprint density at radius 1 is 1.22 bits per heavy atom. The molecule has 0 radical (unpaired) electrons. The van der Waals surface area contributed by atoms with Crippen molar-refractivity contribution < 1.29 is 19.1 Å². The first-order valence-electron chi connectivity index (χ1n) is 9.77. The van der Waals surface area contributed by atoms with Crippen LogP contribution in [0.4, 0.5) is 4.79 Å². The van der Waals surface area contributed by atoms with Gasteiger partial charge in [-0.15, -0.1) is 0 Å². The van der Waals surface area contributed by atoms with Crippen LogP contribution in [0.5, 0.6) is 0 Å². The number of carbonyl (C=O) groups excluding carboxylic acids is 2. The molecule has 0 aromatic heterocycles. The fraction of sp³-hybridized carbons (Fsp3) is 0.619. The third kappa shape index (κ3) is 5.01. The van der Waals surface area contributed by atoms with Crippen molar-refractivity contribution in [3.05, 3.63) is 35.9 Å². The molecule has 2 aliphatic rings. The fourth-order valence-corrected chi connectivity index (χ4v) is 3.73. The fourth-order valence-electron chi connectivity index (χ4n) is 3.73. The maximum Gasteiger partial charge on any atom is 0.411 e. The quantitative estimate of drug-likeness (QED) is 0.799. The molecule has 2 aliphatic heterocycles. The predicted octanol–water partition coefficient (Wildman–Crippen LogP) is 2.86. The van der Waals surface area contributed by atoms with Gasteiger partial charge in [0.05, 0.1) is 12.6 Å². The molecule has 27 heavy (non-hydrogen) atoms. The molecule has 0 N–H and O–H groups in total. The van der Waals surface area contributed by atoms with Crippen LogP contribution < -0.4 is 0 Å². The summed E-state index contributed by atoms with van der Waals surface area (Å²) in [5.74, 6) is 0.0125. The molecule has 3 rings (SSSR count). The number of hydrogen-bond donors (Lipinski definition) is 0. The van der Waals surface area contributed by atoms with Crippen LogP contribution in [-0.2, 0) is 20.7 Å². The van der Waals surface area contributed by atoms with E-state index in [0.29, 0.717) is 32.7 Å². The Hall–Kier alpha value is -2.08. The van der Waals surface area contributed by atoms with Gasteiger partial charge >= 0.3 is 6.09 Å². The van der Waals surface area contributed by atoms with Crippen LogP contribution in [-0.4, -0.2) is 65.8 Å². The Kier molecular flexibility index (Phi) is 6.05. The minimum atomic E-state index is -0.575. The average Bonchev–Trinajstić information content (AvgIpc) is 2.64. The molecule has 1 aromatic rings. The molecule has 2 unspecified atom stereocenters. The molecule has 2 heterocycles. The van der Waals surface area contributed by atoms with Gasteiger partial charge in [0, 0.05) is 19.7 Å². The normalized spacial score (nSPS) is 24.0. The Morgan fingerprint density at radius 3 is 2.67 bits per heavy atom. The molecule has 6 heteroatoms. The Balaban J connectivity index is 1.77. The summed E-state index contributed by atoms with van der Waals surface area (Å²) in [5, 5.41) is 0. The maximum absolute atomic E-state index is 13.2. The van der Waals surface area contributed by atoms with Gasteiger partial charge in [0.2, 0.25) is 5.91 Å². The minimum Gasteiger partial charge on any atom is -0.444 e. The van der Waals surface area contributed by atoms with Gasteiger partial charge in [0.25, 0.3) is 0 Å². The lowest BCUT2D eigenvalue weighted by atomic mass is 10.0. The van der Waals surface area contributed by atoms with Crippen molar-refractivity contribution >= 4 is 12.0 Å². The summed E-state index contributed by atoms with van der Waals surface area (Å²) in [6, 6.07) is 9.68. The summed E-state index contributed by atoms with van der Waals surface area (Å²) >= 11 is 0. The van der Waals surface area contributed by atoms with E-state index in [9.17, 15) is 9.59 Å². The first-order chi connectivity index (χ1) is 12.8. The molecule has 0 spiro atoms. The van der Waals surface area contributed by atoms with E-state index in [2.05, 4.69) is 12.1 Å². The average molecular weight is 374 g/mol. The first kappa shape index (κ1) is 19.7. The lowest BCUT2D eigenvalue weighted by Crippen LogP contribution is -2.62. The number of ether oxygens (including phenoxy) is 2. The summed E-state index contributed by atoms with van der Waals surface area (Å²) in [7, 11) is 0. The van der Waals surface area contributed by atoms with Crippen molar-refractivity contribution in [2.75, 3.05) is 26.3 Å². The van der Waals surface area contributed by atoms with Gasteiger partial charge in [-0.25, -0.2) is 4.79 Å². The Bertz CT molecular complexity index is 656. The number of carbonyl (C=O) groups is 2. The molecular weight excluding hydrogens is 344 g/mol. The van der Waals surface area contributed by atoms with E-state index in [1.54, 1.807) is 4.90 Å². The Labute approximate surface area is 161 Å². The van der Waals surface area contributed by atoms with E-state index in [0.717, 1.165) is 12.8 Å². The van der Waals surface area contributed by atoms with Crippen LogP contribution in [0.15, 0.2) is 30.3 Å². The number of hydrogen-bond acceptors (Lipinski definition) is 4. The highest BCUT2D eigenvalue weighted by molar-refractivity contribution is 5.87. The van der Waals surface area contributed by atoms with Gasteiger partial charge in [0.15, 0.2) is 0 Å². The molecule has 2 saturated heterocycles. The highest BCUT2D eigenvalue weighted by Gasteiger charge is 2.41. The number of fused-ring (bicyclic) bond motifs is 2. The topological polar surface area (TPSA) is 59.1 Å². The first-order valence-corrected chi connectivity index (χ1v) is 9.77. The van der Waals surface area contributed by atoms with Crippen LogP contribution in [0.25, 0.3) is 0 Å². The van der Waals surface area contributed by atoms with Gasteiger partial charge in [-0.1, -0.05) is 30.3 Å². The van der Waals surface area contributed by atoms with Crippen LogP contribution in [0.3, 0.4) is 0 Å². The van der Waals surface area contributed by atoms with Crippen molar-refractivity contribution in [2.45, 2.75) is 57.7 Å². The van der Waals surface area contributed by atoms with Crippen LogP contribution in [0.2, 0.25) is 0 Å². The zero-order valence-electron chi connectivity index (χ0n) is 16.5. The predicted molar refractivity (Wildman–Crippen MR) is 102 cm³/mol. The molecular formula is C21H30N2O4. The third-order valence-electron chi connectivity index (χ3n) is 4.99. The van der Waals surface area contributed by atoms with Gasteiger partial charge in [-0.3, -0.25) is 9.69 Å². The number of rotatable bonds is 2. The molecule has 0 saturated carbocycles. The Morgan fingerprint density at radius 2 is 1.96 bits per heavy atom. The van der Waals surface area contributed by atoms with Crippen molar-refractivity contribution in [2.24, 2.45) is 0 Å². The molecule has 0 aliphatic carbocycles. The van der Waals surface area contributed by atoms with E-state index < -0.39 is 17.7 Å². The molecule has 6 nitrogen and oxygen atoms in total. The highest BCUT2D eigenvalue weighted by atomic mass is 16.6. The minimum absolute atomic E-state index is 0.0125. The van der Waals surface area contributed by atoms with Crippen molar-refractivity contribution in [3.63, 3.8) is 0 Å². The summed E-state index contributed by atoms with van der Waals surface area (Å²) in [6.07, 6.45) is 1.71. The van der Waals surface area contributed by atoms with E-state index in [1.165, 1.54) is 5.56 Å². The molecule has 2 atom stereocenters. The summed E-state index contributed by atoms with van der Waals surface area (Å²) in [4.78, 5) is 29.4. The zero-order valence-corrected chi connectivity index (χ0v) is 16.5. The van der Waals surface area contributed by atoms with Gasteiger partial charge in [-0.05, 0) is 45.6 Å². The van der Waals surface area contributed by atoms with Crippen LogP contribution in [0, 0.1) is 0 Å². The second-order valence-corrected chi connectivity index (χ2v) is 8.28. The van der Waals surface area contributed by atoms with Gasteiger partial charge in [-0.2, -0.15) is 0 Å². The SMILES string of the molecule is CC(C)(C)OC(=O)N1CCN2C(=O)C1CCCOCC2Cc1ccccc1. The molecule has 148 valence electrons. The van der Waals surface area contributed by atoms with Crippen LogP contribution >= 0.6 is 0 Å². The standard InChI is InChI=1S/C21H30N2O4/c1-21(2,3)27-20(25)23-12-11-22-17(14-16-8-5-4-6-9-16)15-26-13-7-10-18(23)19(22)24/h4-6,8-9,17-18H,7,10-15H2,1-3H3. The lowest BCUT2D eigenvalue weighted by Gasteiger charge is -2.43. The van der Waals surface area contributed by atoms with Gasteiger partial charge in [0.1, 0.15) is 11.6 Å². The summed E-state index contributed by atoms with van der Waals surface area (Å²) in [5.41, 5.74) is 0.610. The number of benzene rings is 1. The number of piperazine rings is 1. The second-order valence-electron chi connectivity index (χ2n) is 8.28. The summed E-state index contributed by atoms with van der Waals surface area (Å²) in [6.45, 7) is 7.67. The van der Waals surface area contributed by atoms with Crippen molar-refractivity contribution in [1.82, 2.24) is 9.80 Å². The highest BCUT2D eigenvalue weighted by Crippen LogP contribution is 2.24. The van der Waals surface area contributed by atoms with E-state index in [1.807, 2.05) is 43.9 Å². The lowest BCUT2D eigenvalue weighted by molar-refractivity contribution is -0.145. The van der Waals surface area contributed by atoms with Crippen molar-refractivity contribution in [3.8, 4) is 0 Å². The van der Waals surface area contributed by atoms with E-state index in [-0.39, 0.29) is 11.9 Å². The molecule has 2 amide bonds. The van der Waals surface area contributed by atoms with E-state index >= 15 is 0 Å². The third-order valence-corrected chi connectivity index (χ3v) is 4.99. The maximum atomic E-state index is 13.2. The zero-order chi connectivity index (χ0) is 19.4. The number of amides is 2. The summed E-state index contributed by atoms with van der Waals surface area (Å²) < 4.78 is 11.4. The smallest absolute Gasteiger partial charge is 0.411 e. The van der Waals surface area contributed by atoms with Gasteiger partial charge < -0.3 is 14.4 Å². The molecule has 2 fully saturated rings. The monoisotopic (exact) mass is 374 g/mol. The second kappa shape index (κ2) is 8.30. The number of nitrogens with zero attached hydrogens (tertiary/aromatic N) is 2.